The van der Waals surface area contributed by atoms with Gasteiger partial charge in [0.05, 0.1) is 17.7 Å². The average molecular weight is 428 g/mol. The smallest absolute Gasteiger partial charge is 0.251 e. The second-order valence-corrected chi connectivity index (χ2v) is 7.13. The number of rotatable bonds is 8. The number of halogens is 2. The molecule has 0 saturated carbocycles. The van der Waals surface area contributed by atoms with Crippen molar-refractivity contribution < 1.29 is 18.7 Å². The van der Waals surface area contributed by atoms with Gasteiger partial charge in [-0.05, 0) is 61.9 Å². The number of nitrogens with one attached hydrogen (secondary N) is 1. The molecule has 3 aromatic rings. The normalized spacial score (nSPS) is 11.6. The summed E-state index contributed by atoms with van der Waals surface area (Å²) in [5.41, 5.74) is 2.03. The van der Waals surface area contributed by atoms with Crippen molar-refractivity contribution in [3.8, 4) is 11.5 Å². The predicted octanol–water partition coefficient (Wildman–Crippen LogP) is 5.95. The van der Waals surface area contributed by atoms with Crippen LogP contribution in [0, 0.1) is 5.82 Å². The maximum Gasteiger partial charge on any atom is 0.251 e. The van der Waals surface area contributed by atoms with Crippen LogP contribution in [0.3, 0.4) is 0 Å². The van der Waals surface area contributed by atoms with E-state index in [1.54, 1.807) is 42.5 Å². The minimum atomic E-state index is -0.313. The molecule has 0 unspecified atom stereocenters. The van der Waals surface area contributed by atoms with Gasteiger partial charge < -0.3 is 14.8 Å². The van der Waals surface area contributed by atoms with E-state index in [0.29, 0.717) is 28.7 Å². The van der Waals surface area contributed by atoms with Gasteiger partial charge in [0.2, 0.25) is 0 Å². The minimum absolute atomic E-state index is 0.202. The van der Waals surface area contributed by atoms with Crippen LogP contribution in [0.5, 0.6) is 11.5 Å². The van der Waals surface area contributed by atoms with Crippen LogP contribution in [-0.2, 0) is 6.61 Å². The van der Waals surface area contributed by atoms with Gasteiger partial charge in [-0.1, -0.05) is 35.9 Å². The molecule has 1 N–H and O–H groups in total. The fraction of sp³-hybridized carbons (Fsp3) is 0.208. The maximum absolute atomic E-state index is 13.1. The maximum atomic E-state index is 13.1. The molecule has 1 atom stereocenters. The van der Waals surface area contributed by atoms with Gasteiger partial charge in [-0.2, -0.15) is 0 Å². The van der Waals surface area contributed by atoms with E-state index >= 15 is 0 Å². The molecule has 0 fully saturated rings. The third-order valence-electron chi connectivity index (χ3n) is 4.56. The molecule has 3 aromatic carbocycles. The molecule has 0 heterocycles. The first kappa shape index (κ1) is 21.7. The second-order valence-electron chi connectivity index (χ2n) is 6.72. The first-order valence-electron chi connectivity index (χ1n) is 9.67. The van der Waals surface area contributed by atoms with E-state index in [2.05, 4.69) is 5.32 Å². The Kier molecular flexibility index (Phi) is 7.31. The Morgan fingerprint density at radius 3 is 2.47 bits per heavy atom. The van der Waals surface area contributed by atoms with Gasteiger partial charge in [0.15, 0.2) is 0 Å². The van der Waals surface area contributed by atoms with Crippen LogP contribution >= 0.6 is 11.6 Å². The highest BCUT2D eigenvalue weighted by Crippen LogP contribution is 2.27. The summed E-state index contributed by atoms with van der Waals surface area (Å²) in [7, 11) is 0. The monoisotopic (exact) mass is 427 g/mol. The van der Waals surface area contributed by atoms with E-state index < -0.39 is 0 Å². The Balaban J connectivity index is 1.76. The van der Waals surface area contributed by atoms with Crippen molar-refractivity contribution in [2.45, 2.75) is 26.5 Å². The molecule has 0 aliphatic rings. The summed E-state index contributed by atoms with van der Waals surface area (Å²) in [4.78, 5) is 12.8. The van der Waals surface area contributed by atoms with Gasteiger partial charge in [-0.15, -0.1) is 0 Å². The van der Waals surface area contributed by atoms with Crippen LogP contribution in [0.2, 0.25) is 5.02 Å². The lowest BCUT2D eigenvalue weighted by atomic mass is 10.1. The van der Waals surface area contributed by atoms with Gasteiger partial charge in [0, 0.05) is 11.1 Å². The molecule has 0 aliphatic carbocycles. The zero-order valence-corrected chi connectivity index (χ0v) is 17.6. The van der Waals surface area contributed by atoms with Gasteiger partial charge >= 0.3 is 0 Å². The summed E-state index contributed by atoms with van der Waals surface area (Å²) in [5.74, 6) is 0.648. The van der Waals surface area contributed by atoms with Crippen LogP contribution in [0.4, 0.5) is 4.39 Å². The van der Waals surface area contributed by atoms with Gasteiger partial charge in [-0.25, -0.2) is 4.39 Å². The lowest BCUT2D eigenvalue weighted by molar-refractivity contribution is 0.0939. The van der Waals surface area contributed by atoms with Crippen molar-refractivity contribution in [2.75, 3.05) is 6.61 Å². The van der Waals surface area contributed by atoms with Crippen LogP contribution < -0.4 is 14.8 Å². The molecular weight excluding hydrogens is 405 g/mol. The van der Waals surface area contributed by atoms with Gasteiger partial charge in [0.1, 0.15) is 23.9 Å². The number of hydrogen-bond acceptors (Lipinski definition) is 3. The van der Waals surface area contributed by atoms with Crippen LogP contribution in [0.1, 0.15) is 41.4 Å². The molecule has 0 spiro atoms. The molecule has 3 rings (SSSR count). The summed E-state index contributed by atoms with van der Waals surface area (Å²) in [6.07, 6.45) is 0. The Hall–Kier alpha value is -3.05. The van der Waals surface area contributed by atoms with Crippen molar-refractivity contribution >= 4 is 17.5 Å². The van der Waals surface area contributed by atoms with Crippen LogP contribution in [0.15, 0.2) is 66.7 Å². The number of carbonyl (C=O) groups excluding carboxylic acids is 1. The van der Waals surface area contributed by atoms with Crippen molar-refractivity contribution in [3.63, 3.8) is 0 Å². The van der Waals surface area contributed by atoms with Gasteiger partial charge in [0.25, 0.3) is 5.91 Å². The molecule has 4 nitrogen and oxygen atoms in total. The lowest BCUT2D eigenvalue weighted by Gasteiger charge is -2.16. The number of amides is 1. The number of carbonyl (C=O) groups is 1. The van der Waals surface area contributed by atoms with Crippen molar-refractivity contribution in [1.29, 1.82) is 0 Å². The Labute approximate surface area is 180 Å². The van der Waals surface area contributed by atoms with E-state index in [0.717, 1.165) is 11.1 Å². The SMILES string of the molecule is CCOc1ccc(C(=O)N[C@H](C)c2ccc(F)cc2)cc1COc1ccccc1Cl. The Morgan fingerprint density at radius 2 is 1.77 bits per heavy atom. The molecule has 0 saturated heterocycles. The molecule has 0 aliphatic heterocycles. The number of benzene rings is 3. The fourth-order valence-corrected chi connectivity index (χ4v) is 3.15. The highest BCUT2D eigenvalue weighted by molar-refractivity contribution is 6.32. The van der Waals surface area contributed by atoms with E-state index in [4.69, 9.17) is 21.1 Å². The standard InChI is InChI=1S/C24H23ClFNO3/c1-3-29-22-13-10-18(14-19(22)15-30-23-7-5-4-6-21(23)25)24(28)27-16(2)17-8-11-20(26)12-9-17/h4-14,16H,3,15H2,1-2H3,(H,27,28)/t16-/m1/s1. The van der Waals surface area contributed by atoms with E-state index in [9.17, 15) is 9.18 Å². The largest absolute Gasteiger partial charge is 0.493 e. The van der Waals surface area contributed by atoms with Crippen molar-refractivity contribution in [2.24, 2.45) is 0 Å². The third-order valence-corrected chi connectivity index (χ3v) is 4.87. The highest BCUT2D eigenvalue weighted by Gasteiger charge is 2.15. The van der Waals surface area contributed by atoms with Crippen LogP contribution in [0.25, 0.3) is 0 Å². The summed E-state index contributed by atoms with van der Waals surface area (Å²) in [5, 5.41) is 3.44. The van der Waals surface area contributed by atoms with Crippen molar-refractivity contribution in [3.05, 3.63) is 94.3 Å². The fourth-order valence-electron chi connectivity index (χ4n) is 2.96. The molecule has 1 amide bonds. The molecule has 156 valence electrons. The molecular formula is C24H23ClFNO3. The molecule has 6 heteroatoms. The first-order valence-corrected chi connectivity index (χ1v) is 10.0. The highest BCUT2D eigenvalue weighted by atomic mass is 35.5. The van der Waals surface area contributed by atoms with E-state index in [-0.39, 0.29) is 24.4 Å². The Bertz CT molecular complexity index is 1010. The Morgan fingerprint density at radius 1 is 1.03 bits per heavy atom. The summed E-state index contributed by atoms with van der Waals surface area (Å²) >= 11 is 6.15. The van der Waals surface area contributed by atoms with Gasteiger partial charge in [-0.3, -0.25) is 4.79 Å². The number of para-hydroxylation sites is 1. The topological polar surface area (TPSA) is 47.6 Å². The van der Waals surface area contributed by atoms with Crippen molar-refractivity contribution in [1.82, 2.24) is 5.32 Å². The quantitative estimate of drug-likeness (QED) is 0.483. The first-order chi connectivity index (χ1) is 14.5. The van der Waals surface area contributed by atoms with E-state index in [1.165, 1.54) is 12.1 Å². The molecule has 0 bridgehead atoms. The summed E-state index contributed by atoms with van der Waals surface area (Å²) in [6.45, 7) is 4.44. The lowest BCUT2D eigenvalue weighted by Crippen LogP contribution is -2.26. The molecule has 0 aromatic heterocycles. The predicted molar refractivity (Wildman–Crippen MR) is 116 cm³/mol. The zero-order chi connectivity index (χ0) is 21.5. The van der Waals surface area contributed by atoms with Crippen LogP contribution in [-0.4, -0.2) is 12.5 Å². The molecule has 0 radical (unpaired) electrons. The molecule has 30 heavy (non-hydrogen) atoms. The number of hydrogen-bond donors (Lipinski definition) is 1. The number of ether oxygens (including phenoxy) is 2. The van der Waals surface area contributed by atoms with E-state index in [1.807, 2.05) is 26.0 Å². The summed E-state index contributed by atoms with van der Waals surface area (Å²) < 4.78 is 24.6. The zero-order valence-electron chi connectivity index (χ0n) is 16.8. The minimum Gasteiger partial charge on any atom is -0.493 e. The third kappa shape index (κ3) is 5.51. The summed E-state index contributed by atoms with van der Waals surface area (Å²) in [6, 6.07) is 18.2. The average Bonchev–Trinajstić information content (AvgIpc) is 2.74. The second kappa shape index (κ2) is 10.1.